The van der Waals surface area contributed by atoms with Gasteiger partial charge in [0.05, 0.1) is 0 Å². The molecule has 0 spiro atoms. The van der Waals surface area contributed by atoms with Gasteiger partial charge in [0.15, 0.2) is 0 Å². The number of pyridine rings is 1. The molecule has 2 N–H and O–H groups in total. The summed E-state index contributed by atoms with van der Waals surface area (Å²) in [4.78, 5) is 3.94. The second kappa shape index (κ2) is 4.13. The van der Waals surface area contributed by atoms with Crippen LogP contribution in [0.2, 0.25) is 0 Å². The third-order valence-corrected chi connectivity index (χ3v) is 2.68. The number of nitrogen functional groups attached to an aromatic ring is 1. The van der Waals surface area contributed by atoms with E-state index >= 15 is 0 Å². The molecule has 2 aromatic rings. The summed E-state index contributed by atoms with van der Waals surface area (Å²) in [6.07, 6.45) is 1.44. The molecule has 0 saturated heterocycles. The molecule has 0 aliphatic rings. The molecule has 2 rings (SSSR count). The van der Waals surface area contributed by atoms with Gasteiger partial charge in [-0.2, -0.15) is 0 Å². The van der Waals surface area contributed by atoms with E-state index in [4.69, 9.17) is 5.73 Å². The number of hydrogen-bond donors (Lipinski definition) is 1. The summed E-state index contributed by atoms with van der Waals surface area (Å²) in [5.41, 5.74) is 7.32. The van der Waals surface area contributed by atoms with Gasteiger partial charge in [-0.15, -0.1) is 0 Å². The number of benzene rings is 1. The second-order valence-corrected chi connectivity index (χ2v) is 4.01. The second-order valence-electron chi connectivity index (χ2n) is 4.01. The van der Waals surface area contributed by atoms with Crippen molar-refractivity contribution in [2.45, 2.75) is 13.8 Å². The first-order valence-corrected chi connectivity index (χ1v) is 5.17. The maximum Gasteiger partial charge on any atom is 0.131 e. The molecule has 0 atom stereocenters. The summed E-state index contributed by atoms with van der Waals surface area (Å²) < 4.78 is 27.1. The van der Waals surface area contributed by atoms with E-state index in [0.29, 0.717) is 11.4 Å². The SMILES string of the molecule is Cc1cc(F)c(-c2cnc(N)c(C)c2)cc1F. The Morgan fingerprint density at radius 1 is 1.00 bits per heavy atom. The molecule has 4 heteroatoms. The Hall–Kier alpha value is -1.97. The smallest absolute Gasteiger partial charge is 0.131 e. The van der Waals surface area contributed by atoms with Crippen molar-refractivity contribution in [2.75, 3.05) is 5.73 Å². The van der Waals surface area contributed by atoms with E-state index in [0.717, 1.165) is 5.56 Å². The van der Waals surface area contributed by atoms with Gasteiger partial charge in [-0.25, -0.2) is 13.8 Å². The zero-order valence-corrected chi connectivity index (χ0v) is 9.59. The van der Waals surface area contributed by atoms with E-state index < -0.39 is 11.6 Å². The molecule has 0 amide bonds. The average Bonchev–Trinajstić information content (AvgIpc) is 2.27. The Morgan fingerprint density at radius 2 is 1.71 bits per heavy atom. The van der Waals surface area contributed by atoms with Crippen LogP contribution in [0.1, 0.15) is 11.1 Å². The molecule has 17 heavy (non-hydrogen) atoms. The Balaban J connectivity index is 2.60. The molecule has 2 nitrogen and oxygen atoms in total. The van der Waals surface area contributed by atoms with Crippen LogP contribution in [0.4, 0.5) is 14.6 Å². The fourth-order valence-electron chi connectivity index (χ4n) is 1.60. The summed E-state index contributed by atoms with van der Waals surface area (Å²) in [7, 11) is 0. The normalized spacial score (nSPS) is 10.6. The average molecular weight is 234 g/mol. The van der Waals surface area contributed by atoms with E-state index in [1.54, 1.807) is 13.0 Å². The first-order valence-electron chi connectivity index (χ1n) is 5.17. The summed E-state index contributed by atoms with van der Waals surface area (Å²) in [5, 5.41) is 0. The lowest BCUT2D eigenvalue weighted by Crippen LogP contribution is -1.96. The number of anilines is 1. The van der Waals surface area contributed by atoms with Crippen LogP contribution < -0.4 is 5.73 Å². The molecule has 0 aliphatic heterocycles. The van der Waals surface area contributed by atoms with Crippen LogP contribution in [-0.2, 0) is 0 Å². The van der Waals surface area contributed by atoms with Crippen molar-refractivity contribution < 1.29 is 8.78 Å². The van der Waals surface area contributed by atoms with E-state index in [1.165, 1.54) is 25.3 Å². The van der Waals surface area contributed by atoms with Crippen LogP contribution >= 0.6 is 0 Å². The predicted molar refractivity (Wildman–Crippen MR) is 63.5 cm³/mol. The monoisotopic (exact) mass is 234 g/mol. The van der Waals surface area contributed by atoms with Crippen molar-refractivity contribution in [2.24, 2.45) is 0 Å². The number of aromatic nitrogens is 1. The zero-order valence-electron chi connectivity index (χ0n) is 9.59. The summed E-state index contributed by atoms with van der Waals surface area (Å²) >= 11 is 0. The molecule has 1 aromatic heterocycles. The highest BCUT2D eigenvalue weighted by atomic mass is 19.1. The fourth-order valence-corrected chi connectivity index (χ4v) is 1.60. The zero-order chi connectivity index (χ0) is 12.6. The summed E-state index contributed by atoms with van der Waals surface area (Å²) in [6.45, 7) is 3.29. The Bertz CT molecular complexity index is 580. The Kier molecular flexibility index (Phi) is 2.79. The number of aryl methyl sites for hydroxylation is 2. The number of nitrogens with two attached hydrogens (primary N) is 1. The number of hydrogen-bond acceptors (Lipinski definition) is 2. The van der Waals surface area contributed by atoms with Gasteiger partial charge in [0.2, 0.25) is 0 Å². The van der Waals surface area contributed by atoms with E-state index in [1.807, 2.05) is 0 Å². The maximum absolute atomic E-state index is 13.7. The van der Waals surface area contributed by atoms with Gasteiger partial charge in [-0.1, -0.05) is 0 Å². The predicted octanol–water partition coefficient (Wildman–Crippen LogP) is 3.23. The molecule has 1 heterocycles. The van der Waals surface area contributed by atoms with Crippen molar-refractivity contribution in [3.05, 3.63) is 47.2 Å². The standard InChI is InChI=1S/C13H12F2N2/c1-7-4-12(15)10(5-11(7)14)9-3-8(2)13(16)17-6-9/h3-6H,1-2H3,(H2,16,17). The van der Waals surface area contributed by atoms with Gasteiger partial charge in [-0.05, 0) is 43.2 Å². The first kappa shape index (κ1) is 11.5. The number of rotatable bonds is 1. The van der Waals surface area contributed by atoms with Gasteiger partial charge < -0.3 is 5.73 Å². The molecular weight excluding hydrogens is 222 g/mol. The molecule has 0 bridgehead atoms. The first-order chi connectivity index (χ1) is 7.99. The quantitative estimate of drug-likeness (QED) is 0.822. The van der Waals surface area contributed by atoms with Crippen molar-refractivity contribution in [1.29, 1.82) is 0 Å². The highest BCUT2D eigenvalue weighted by Gasteiger charge is 2.10. The summed E-state index contributed by atoms with van der Waals surface area (Å²) in [5.74, 6) is -0.507. The van der Waals surface area contributed by atoms with Crippen molar-refractivity contribution in [3.63, 3.8) is 0 Å². The molecule has 1 aromatic carbocycles. The highest BCUT2D eigenvalue weighted by Crippen LogP contribution is 2.26. The minimum atomic E-state index is -0.463. The molecule has 88 valence electrons. The van der Waals surface area contributed by atoms with Crippen molar-refractivity contribution in [3.8, 4) is 11.1 Å². The van der Waals surface area contributed by atoms with Crippen LogP contribution in [0.5, 0.6) is 0 Å². The highest BCUT2D eigenvalue weighted by molar-refractivity contribution is 5.66. The van der Waals surface area contributed by atoms with Gasteiger partial charge in [0, 0.05) is 17.3 Å². The van der Waals surface area contributed by atoms with Gasteiger partial charge >= 0.3 is 0 Å². The van der Waals surface area contributed by atoms with Crippen LogP contribution in [0, 0.1) is 25.5 Å². The lowest BCUT2D eigenvalue weighted by atomic mass is 10.0. The van der Waals surface area contributed by atoms with E-state index in [9.17, 15) is 8.78 Å². The topological polar surface area (TPSA) is 38.9 Å². The number of nitrogens with zero attached hydrogens (tertiary/aromatic N) is 1. The van der Waals surface area contributed by atoms with Gasteiger partial charge in [0.1, 0.15) is 17.5 Å². The largest absolute Gasteiger partial charge is 0.383 e. The Labute approximate surface area is 98.1 Å². The van der Waals surface area contributed by atoms with Crippen LogP contribution in [0.3, 0.4) is 0 Å². The van der Waals surface area contributed by atoms with Crippen molar-refractivity contribution >= 4 is 5.82 Å². The lowest BCUT2D eigenvalue weighted by Gasteiger charge is -2.07. The molecule has 0 radical (unpaired) electrons. The number of halogens is 2. The van der Waals surface area contributed by atoms with E-state index in [2.05, 4.69) is 4.98 Å². The maximum atomic E-state index is 13.7. The summed E-state index contributed by atoms with van der Waals surface area (Å²) in [6, 6.07) is 4.04. The minimum absolute atomic E-state index is 0.198. The van der Waals surface area contributed by atoms with Crippen molar-refractivity contribution in [1.82, 2.24) is 4.98 Å². The molecular formula is C13H12F2N2. The molecule has 0 unspecified atom stereocenters. The van der Waals surface area contributed by atoms with Crippen LogP contribution in [-0.4, -0.2) is 4.98 Å². The third-order valence-electron chi connectivity index (χ3n) is 2.68. The van der Waals surface area contributed by atoms with E-state index in [-0.39, 0.29) is 11.1 Å². The van der Waals surface area contributed by atoms with Gasteiger partial charge in [0.25, 0.3) is 0 Å². The van der Waals surface area contributed by atoms with Crippen LogP contribution in [0.25, 0.3) is 11.1 Å². The molecule has 0 aliphatic carbocycles. The molecule has 0 fully saturated rings. The van der Waals surface area contributed by atoms with Gasteiger partial charge in [-0.3, -0.25) is 0 Å². The third kappa shape index (κ3) is 2.11. The van der Waals surface area contributed by atoms with Crippen LogP contribution in [0.15, 0.2) is 24.4 Å². The fraction of sp³-hybridized carbons (Fsp3) is 0.154. The lowest BCUT2D eigenvalue weighted by molar-refractivity contribution is 0.595. The Morgan fingerprint density at radius 3 is 2.35 bits per heavy atom. The minimum Gasteiger partial charge on any atom is -0.383 e. The molecule has 0 saturated carbocycles.